The first kappa shape index (κ1) is 16.9. The van der Waals surface area contributed by atoms with Gasteiger partial charge in [0, 0.05) is 26.2 Å². The van der Waals surface area contributed by atoms with Gasteiger partial charge in [0.25, 0.3) is 5.91 Å². The zero-order valence-corrected chi connectivity index (χ0v) is 14.5. The summed E-state index contributed by atoms with van der Waals surface area (Å²) in [5, 5.41) is 14.5. The Morgan fingerprint density at radius 3 is 2.33 bits per heavy atom. The van der Waals surface area contributed by atoms with Crippen LogP contribution in [0.4, 0.5) is 0 Å². The maximum absolute atomic E-state index is 12.6. The molecule has 2 amide bonds. The summed E-state index contributed by atoms with van der Waals surface area (Å²) in [7, 11) is 0. The van der Waals surface area contributed by atoms with Crippen molar-refractivity contribution in [3.05, 3.63) is 40.6 Å². The number of nitrogens with zero attached hydrogens (tertiary/aromatic N) is 6. The van der Waals surface area contributed by atoms with Crippen LogP contribution in [0, 0.1) is 0 Å². The van der Waals surface area contributed by atoms with Crippen LogP contribution in [0.1, 0.15) is 17.0 Å². The first-order valence-corrected chi connectivity index (χ1v) is 8.62. The van der Waals surface area contributed by atoms with E-state index >= 15 is 0 Å². The first-order valence-electron chi connectivity index (χ1n) is 8.62. The lowest BCUT2D eigenvalue weighted by Crippen LogP contribution is -2.39. The second-order valence-electron chi connectivity index (χ2n) is 6.27. The molecule has 27 heavy (non-hydrogen) atoms. The number of H-pyrrole nitrogens is 2. The van der Waals surface area contributed by atoms with E-state index in [1.165, 1.54) is 4.80 Å². The number of hydrogen-bond donors (Lipinski definition) is 2. The molecule has 3 aromatic rings. The average Bonchev–Trinajstić information content (AvgIpc) is 3.18. The zero-order valence-electron chi connectivity index (χ0n) is 14.5. The van der Waals surface area contributed by atoms with Crippen LogP contribution in [-0.4, -0.2) is 78.0 Å². The van der Waals surface area contributed by atoms with E-state index in [0.29, 0.717) is 32.6 Å². The predicted molar refractivity (Wildman–Crippen MR) is 93.8 cm³/mol. The van der Waals surface area contributed by atoms with Crippen molar-refractivity contribution in [2.24, 2.45) is 0 Å². The summed E-state index contributed by atoms with van der Waals surface area (Å²) in [6.07, 6.45) is 0.640. The summed E-state index contributed by atoms with van der Waals surface area (Å²) in [5.74, 6) is -0.479. The number of nitrogens with one attached hydrogen (secondary N) is 2. The van der Waals surface area contributed by atoms with E-state index in [2.05, 4.69) is 25.4 Å². The molecule has 1 saturated heterocycles. The summed E-state index contributed by atoms with van der Waals surface area (Å²) >= 11 is 0. The lowest BCUT2D eigenvalue weighted by Gasteiger charge is -2.21. The molecule has 11 heteroatoms. The van der Waals surface area contributed by atoms with Crippen LogP contribution in [0.5, 0.6) is 0 Å². The number of carbonyl (C=O) groups excluding carboxylic acids is 2. The number of aromatic nitrogens is 6. The Balaban J connectivity index is 1.39. The molecule has 0 radical (unpaired) electrons. The van der Waals surface area contributed by atoms with Crippen LogP contribution in [-0.2, 0) is 11.3 Å². The SMILES string of the molecule is O=C(Cn1nc2ccccc2n1)N1CCCN(C(=O)c2n[nH]c(=O)[nH]2)CC1. The van der Waals surface area contributed by atoms with E-state index in [4.69, 9.17) is 0 Å². The molecule has 3 heterocycles. The van der Waals surface area contributed by atoms with Crippen molar-refractivity contribution in [3.8, 4) is 0 Å². The van der Waals surface area contributed by atoms with E-state index in [1.54, 1.807) is 9.80 Å². The molecule has 4 rings (SSSR count). The number of aromatic amines is 2. The van der Waals surface area contributed by atoms with Gasteiger partial charge in [-0.25, -0.2) is 9.89 Å². The number of carbonyl (C=O) groups is 2. The molecule has 140 valence electrons. The smallest absolute Gasteiger partial charge is 0.339 e. The minimum Gasteiger partial charge on any atom is -0.339 e. The van der Waals surface area contributed by atoms with Crippen molar-refractivity contribution in [1.82, 2.24) is 40.0 Å². The van der Waals surface area contributed by atoms with Crippen LogP contribution in [0.15, 0.2) is 29.1 Å². The van der Waals surface area contributed by atoms with Gasteiger partial charge in [-0.15, -0.1) is 5.10 Å². The Hall–Kier alpha value is -3.50. The Kier molecular flexibility index (Phi) is 4.40. The molecule has 2 N–H and O–H groups in total. The maximum Gasteiger partial charge on any atom is 0.341 e. The van der Waals surface area contributed by atoms with Crippen molar-refractivity contribution in [2.75, 3.05) is 26.2 Å². The highest BCUT2D eigenvalue weighted by Gasteiger charge is 2.25. The van der Waals surface area contributed by atoms with Crippen molar-refractivity contribution in [3.63, 3.8) is 0 Å². The van der Waals surface area contributed by atoms with Gasteiger partial charge in [-0.1, -0.05) is 12.1 Å². The van der Waals surface area contributed by atoms with Crippen LogP contribution >= 0.6 is 0 Å². The highest BCUT2D eigenvalue weighted by atomic mass is 16.2. The van der Waals surface area contributed by atoms with Gasteiger partial charge in [-0.05, 0) is 18.6 Å². The monoisotopic (exact) mass is 370 g/mol. The molecular weight excluding hydrogens is 352 g/mol. The van der Waals surface area contributed by atoms with Crippen molar-refractivity contribution < 1.29 is 9.59 Å². The maximum atomic E-state index is 12.6. The van der Waals surface area contributed by atoms with Gasteiger partial charge in [0.1, 0.15) is 17.6 Å². The molecular formula is C16H18N8O3. The molecule has 11 nitrogen and oxygen atoms in total. The zero-order chi connectivity index (χ0) is 18.8. The number of rotatable bonds is 3. The summed E-state index contributed by atoms with van der Waals surface area (Å²) in [6, 6.07) is 7.43. The van der Waals surface area contributed by atoms with Crippen molar-refractivity contribution in [1.29, 1.82) is 0 Å². The molecule has 1 fully saturated rings. The second-order valence-corrected chi connectivity index (χ2v) is 6.27. The Morgan fingerprint density at radius 2 is 1.67 bits per heavy atom. The summed E-state index contributed by atoms with van der Waals surface area (Å²) in [6.45, 7) is 1.85. The minimum absolute atomic E-state index is 0.0211. The number of fused-ring (bicyclic) bond motifs is 1. The standard InChI is InChI=1S/C16H18N8O3/c25-13(10-24-20-11-4-1-2-5-12(11)21-24)22-6-3-7-23(9-8-22)15(26)14-17-16(27)19-18-14/h1-2,4-5H,3,6-10H2,(H2,17,18,19,27). The molecule has 1 aliphatic rings. The first-order chi connectivity index (χ1) is 13.1. The third-order valence-corrected chi connectivity index (χ3v) is 4.44. The van der Waals surface area contributed by atoms with E-state index < -0.39 is 5.69 Å². The second kappa shape index (κ2) is 7.02. The summed E-state index contributed by atoms with van der Waals surface area (Å²) in [4.78, 5) is 43.1. The van der Waals surface area contributed by atoms with E-state index in [-0.39, 0.29) is 24.2 Å². The van der Waals surface area contributed by atoms with Crippen LogP contribution in [0.3, 0.4) is 0 Å². The highest BCUT2D eigenvalue weighted by molar-refractivity contribution is 5.90. The normalized spacial score (nSPS) is 15.1. The summed E-state index contributed by atoms with van der Waals surface area (Å²) < 4.78 is 0. The van der Waals surface area contributed by atoms with Gasteiger partial charge >= 0.3 is 5.69 Å². The fraction of sp³-hybridized carbons (Fsp3) is 0.375. The molecule has 0 atom stereocenters. The molecule has 0 bridgehead atoms. The molecule has 1 aliphatic heterocycles. The lowest BCUT2D eigenvalue weighted by atomic mass is 10.3. The Bertz CT molecular complexity index is 1000. The molecule has 0 spiro atoms. The van der Waals surface area contributed by atoms with Gasteiger partial charge in [0.15, 0.2) is 0 Å². The largest absolute Gasteiger partial charge is 0.341 e. The molecule has 1 aromatic carbocycles. The minimum atomic E-state index is -0.524. The average molecular weight is 370 g/mol. The van der Waals surface area contributed by atoms with Gasteiger partial charge in [-0.2, -0.15) is 15.0 Å². The van der Waals surface area contributed by atoms with Crippen LogP contribution < -0.4 is 5.69 Å². The van der Waals surface area contributed by atoms with Crippen molar-refractivity contribution in [2.45, 2.75) is 13.0 Å². The fourth-order valence-electron chi connectivity index (χ4n) is 3.09. The summed E-state index contributed by atoms with van der Waals surface area (Å²) in [5.41, 5.74) is 0.959. The number of hydrogen-bond acceptors (Lipinski definition) is 6. The lowest BCUT2D eigenvalue weighted by molar-refractivity contribution is -0.132. The van der Waals surface area contributed by atoms with E-state index in [9.17, 15) is 14.4 Å². The van der Waals surface area contributed by atoms with E-state index in [1.807, 2.05) is 24.3 Å². The molecule has 0 aliphatic carbocycles. The fourth-order valence-corrected chi connectivity index (χ4v) is 3.09. The Morgan fingerprint density at radius 1 is 1.00 bits per heavy atom. The van der Waals surface area contributed by atoms with Crippen LogP contribution in [0.25, 0.3) is 11.0 Å². The number of amides is 2. The molecule has 0 saturated carbocycles. The Labute approximate surface area is 153 Å². The predicted octanol–water partition coefficient (Wildman–Crippen LogP) is -0.783. The highest BCUT2D eigenvalue weighted by Crippen LogP contribution is 2.09. The van der Waals surface area contributed by atoms with Crippen LogP contribution in [0.2, 0.25) is 0 Å². The quantitative estimate of drug-likeness (QED) is 0.621. The van der Waals surface area contributed by atoms with Gasteiger partial charge in [-0.3, -0.25) is 14.6 Å². The third-order valence-electron chi connectivity index (χ3n) is 4.44. The van der Waals surface area contributed by atoms with Gasteiger partial charge in [0.05, 0.1) is 0 Å². The van der Waals surface area contributed by atoms with Gasteiger partial charge < -0.3 is 9.80 Å². The number of benzene rings is 1. The van der Waals surface area contributed by atoms with E-state index in [0.717, 1.165) is 11.0 Å². The van der Waals surface area contributed by atoms with Crippen molar-refractivity contribution >= 4 is 22.8 Å². The van der Waals surface area contributed by atoms with Gasteiger partial charge in [0.2, 0.25) is 11.7 Å². The molecule has 0 unspecified atom stereocenters. The topological polar surface area (TPSA) is 133 Å². The third kappa shape index (κ3) is 3.57. The molecule has 2 aromatic heterocycles.